The van der Waals surface area contributed by atoms with Gasteiger partial charge in [-0.05, 0) is 55.3 Å². The van der Waals surface area contributed by atoms with E-state index in [9.17, 15) is 9.59 Å². The van der Waals surface area contributed by atoms with Crippen LogP contribution in [0.3, 0.4) is 0 Å². The first kappa shape index (κ1) is 20.1. The van der Waals surface area contributed by atoms with Crippen LogP contribution < -0.4 is 15.4 Å². The van der Waals surface area contributed by atoms with E-state index in [0.717, 1.165) is 11.3 Å². The third kappa shape index (κ3) is 6.24. The van der Waals surface area contributed by atoms with Crippen LogP contribution in [0, 0.1) is 6.92 Å². The SMILES string of the molecule is CC(=O)Nc1ccc(NC(=O)CCCOc2ccc(Cl)c(C)c2)c(Cl)c1. The fourth-order valence-electron chi connectivity index (χ4n) is 2.24. The molecule has 5 nitrogen and oxygen atoms in total. The number of halogens is 2. The minimum atomic E-state index is -0.186. The van der Waals surface area contributed by atoms with E-state index in [1.54, 1.807) is 30.3 Å². The summed E-state index contributed by atoms with van der Waals surface area (Å²) in [5.41, 5.74) is 2.02. The number of ether oxygens (including phenoxy) is 1. The third-order valence-corrected chi connectivity index (χ3v) is 4.25. The average molecular weight is 395 g/mol. The number of amides is 2. The lowest BCUT2D eigenvalue weighted by atomic mass is 10.2. The summed E-state index contributed by atoms with van der Waals surface area (Å²) in [4.78, 5) is 23.1. The molecule has 0 radical (unpaired) electrons. The highest BCUT2D eigenvalue weighted by Crippen LogP contribution is 2.26. The van der Waals surface area contributed by atoms with Crippen LogP contribution in [0.5, 0.6) is 5.75 Å². The zero-order valence-electron chi connectivity index (χ0n) is 14.6. The number of anilines is 2. The maximum absolute atomic E-state index is 12.0. The molecule has 0 saturated carbocycles. The molecular formula is C19H20Cl2N2O3. The number of nitrogens with one attached hydrogen (secondary N) is 2. The highest BCUT2D eigenvalue weighted by molar-refractivity contribution is 6.34. The average Bonchev–Trinajstić information content (AvgIpc) is 2.57. The van der Waals surface area contributed by atoms with E-state index >= 15 is 0 Å². The quantitative estimate of drug-likeness (QED) is 0.644. The monoisotopic (exact) mass is 394 g/mol. The van der Waals surface area contributed by atoms with Gasteiger partial charge in [-0.2, -0.15) is 0 Å². The molecular weight excluding hydrogens is 375 g/mol. The van der Waals surface area contributed by atoms with Gasteiger partial charge in [0.05, 0.1) is 17.3 Å². The second-order valence-electron chi connectivity index (χ2n) is 5.79. The van der Waals surface area contributed by atoms with Crippen molar-refractivity contribution in [2.45, 2.75) is 26.7 Å². The molecule has 0 aliphatic carbocycles. The number of benzene rings is 2. The maximum atomic E-state index is 12.0. The molecule has 7 heteroatoms. The fraction of sp³-hybridized carbons (Fsp3) is 0.263. The van der Waals surface area contributed by atoms with Gasteiger partial charge in [-0.15, -0.1) is 0 Å². The van der Waals surface area contributed by atoms with Crippen molar-refractivity contribution in [3.05, 3.63) is 52.0 Å². The zero-order valence-corrected chi connectivity index (χ0v) is 16.1. The Labute approximate surface area is 162 Å². The van der Waals surface area contributed by atoms with Crippen molar-refractivity contribution in [2.24, 2.45) is 0 Å². The predicted octanol–water partition coefficient (Wildman–Crippen LogP) is 5.06. The third-order valence-electron chi connectivity index (χ3n) is 3.51. The van der Waals surface area contributed by atoms with E-state index in [2.05, 4.69) is 10.6 Å². The Bertz CT molecular complexity index is 809. The molecule has 26 heavy (non-hydrogen) atoms. The molecule has 0 bridgehead atoms. The number of aryl methyl sites for hydroxylation is 1. The topological polar surface area (TPSA) is 67.4 Å². The molecule has 2 aromatic carbocycles. The number of carbonyl (C=O) groups excluding carboxylic acids is 2. The summed E-state index contributed by atoms with van der Waals surface area (Å²) in [6, 6.07) is 10.4. The van der Waals surface area contributed by atoms with Crippen molar-refractivity contribution in [1.29, 1.82) is 0 Å². The minimum Gasteiger partial charge on any atom is -0.494 e. The van der Waals surface area contributed by atoms with Crippen LogP contribution in [0.25, 0.3) is 0 Å². The molecule has 2 amide bonds. The maximum Gasteiger partial charge on any atom is 0.224 e. The lowest BCUT2D eigenvalue weighted by Gasteiger charge is -2.10. The standard InChI is InChI=1S/C19H20Cl2N2O3/c1-12-10-15(6-7-16(12)20)26-9-3-4-19(25)23-18-8-5-14(11-17(18)21)22-13(2)24/h5-8,10-11H,3-4,9H2,1-2H3,(H,22,24)(H,23,25). The van der Waals surface area contributed by atoms with E-state index in [1.165, 1.54) is 6.92 Å². The van der Waals surface area contributed by atoms with E-state index in [-0.39, 0.29) is 11.8 Å². The molecule has 0 spiro atoms. The first-order valence-electron chi connectivity index (χ1n) is 8.11. The van der Waals surface area contributed by atoms with Gasteiger partial charge in [-0.3, -0.25) is 9.59 Å². The molecule has 0 fully saturated rings. The Balaban J connectivity index is 1.78. The van der Waals surface area contributed by atoms with Crippen molar-refractivity contribution < 1.29 is 14.3 Å². The van der Waals surface area contributed by atoms with Crippen LogP contribution in [0.15, 0.2) is 36.4 Å². The molecule has 2 aromatic rings. The second-order valence-corrected chi connectivity index (χ2v) is 6.60. The fourth-order valence-corrected chi connectivity index (χ4v) is 2.59. The smallest absolute Gasteiger partial charge is 0.224 e. The first-order valence-corrected chi connectivity index (χ1v) is 8.86. The van der Waals surface area contributed by atoms with Gasteiger partial charge in [-0.25, -0.2) is 0 Å². The summed E-state index contributed by atoms with van der Waals surface area (Å²) in [6.07, 6.45) is 0.867. The van der Waals surface area contributed by atoms with Gasteiger partial charge in [0.1, 0.15) is 5.75 Å². The van der Waals surface area contributed by atoms with Crippen LogP contribution >= 0.6 is 23.2 Å². The number of hydrogen-bond acceptors (Lipinski definition) is 3. The summed E-state index contributed by atoms with van der Waals surface area (Å²) in [5, 5.41) is 6.43. The van der Waals surface area contributed by atoms with Crippen molar-refractivity contribution in [3.63, 3.8) is 0 Å². The highest BCUT2D eigenvalue weighted by Gasteiger charge is 2.08. The molecule has 0 unspecified atom stereocenters. The summed E-state index contributed by atoms with van der Waals surface area (Å²) >= 11 is 12.1. The second kappa shape index (κ2) is 9.46. The minimum absolute atomic E-state index is 0.157. The van der Waals surface area contributed by atoms with Crippen molar-refractivity contribution in [3.8, 4) is 5.75 Å². The number of carbonyl (C=O) groups is 2. The van der Waals surface area contributed by atoms with Gasteiger partial charge in [0.25, 0.3) is 0 Å². The number of rotatable bonds is 7. The van der Waals surface area contributed by atoms with E-state index < -0.39 is 0 Å². The van der Waals surface area contributed by atoms with Crippen LogP contribution in [0.2, 0.25) is 10.0 Å². The summed E-state index contributed by atoms with van der Waals surface area (Å²) in [6.45, 7) is 3.74. The van der Waals surface area contributed by atoms with E-state index in [1.807, 2.05) is 13.0 Å². The normalized spacial score (nSPS) is 10.3. The molecule has 0 aromatic heterocycles. The molecule has 0 aliphatic heterocycles. The van der Waals surface area contributed by atoms with Crippen LogP contribution in [-0.2, 0) is 9.59 Å². The van der Waals surface area contributed by atoms with Crippen LogP contribution in [0.1, 0.15) is 25.3 Å². The lowest BCUT2D eigenvalue weighted by molar-refractivity contribution is -0.116. The Hall–Kier alpha value is -2.24. The Morgan fingerprint density at radius 2 is 1.81 bits per heavy atom. The number of hydrogen-bond donors (Lipinski definition) is 2. The highest BCUT2D eigenvalue weighted by atomic mass is 35.5. The molecule has 2 N–H and O–H groups in total. The van der Waals surface area contributed by atoms with Gasteiger partial charge in [0.2, 0.25) is 11.8 Å². The van der Waals surface area contributed by atoms with E-state index in [0.29, 0.717) is 40.9 Å². The van der Waals surface area contributed by atoms with Crippen LogP contribution in [-0.4, -0.2) is 18.4 Å². The molecule has 0 heterocycles. The summed E-state index contributed by atoms with van der Waals surface area (Å²) in [5.74, 6) is 0.382. The summed E-state index contributed by atoms with van der Waals surface area (Å²) < 4.78 is 5.61. The first-order chi connectivity index (χ1) is 12.3. The predicted molar refractivity (Wildman–Crippen MR) is 105 cm³/mol. The molecule has 2 rings (SSSR count). The molecule has 0 aliphatic rings. The van der Waals surface area contributed by atoms with Gasteiger partial charge in [0, 0.05) is 24.1 Å². The van der Waals surface area contributed by atoms with Gasteiger partial charge < -0.3 is 15.4 Å². The van der Waals surface area contributed by atoms with Crippen molar-refractivity contribution in [1.82, 2.24) is 0 Å². The summed E-state index contributed by atoms with van der Waals surface area (Å²) in [7, 11) is 0. The molecule has 0 atom stereocenters. The van der Waals surface area contributed by atoms with E-state index in [4.69, 9.17) is 27.9 Å². The van der Waals surface area contributed by atoms with Crippen molar-refractivity contribution in [2.75, 3.05) is 17.2 Å². The largest absolute Gasteiger partial charge is 0.494 e. The Morgan fingerprint density at radius 1 is 1.04 bits per heavy atom. The molecule has 0 saturated heterocycles. The Morgan fingerprint density at radius 3 is 2.46 bits per heavy atom. The van der Waals surface area contributed by atoms with Gasteiger partial charge >= 0.3 is 0 Å². The zero-order chi connectivity index (χ0) is 19.1. The Kier molecular flexibility index (Phi) is 7.30. The lowest BCUT2D eigenvalue weighted by Crippen LogP contribution is -2.13. The van der Waals surface area contributed by atoms with Gasteiger partial charge in [-0.1, -0.05) is 23.2 Å². The van der Waals surface area contributed by atoms with Crippen LogP contribution in [0.4, 0.5) is 11.4 Å². The molecule has 138 valence electrons. The van der Waals surface area contributed by atoms with Gasteiger partial charge in [0.15, 0.2) is 0 Å². The van der Waals surface area contributed by atoms with Crippen molar-refractivity contribution >= 4 is 46.4 Å².